The Morgan fingerprint density at radius 1 is 1.29 bits per heavy atom. The third-order valence-corrected chi connectivity index (χ3v) is 5.80. The summed E-state index contributed by atoms with van der Waals surface area (Å²) in [5.41, 5.74) is 1.18. The number of amides is 2. The van der Waals surface area contributed by atoms with Crippen LogP contribution in [-0.2, 0) is 10.3 Å². The van der Waals surface area contributed by atoms with Crippen LogP contribution < -0.4 is 10.1 Å². The van der Waals surface area contributed by atoms with E-state index < -0.39 is 17.4 Å². The summed E-state index contributed by atoms with van der Waals surface area (Å²) in [5.74, 6) is -0.610. The third-order valence-electron chi connectivity index (χ3n) is 5.51. The van der Waals surface area contributed by atoms with Gasteiger partial charge < -0.3 is 20.1 Å². The fourth-order valence-electron chi connectivity index (χ4n) is 3.52. The van der Waals surface area contributed by atoms with Crippen molar-refractivity contribution < 1.29 is 19.4 Å². The summed E-state index contributed by atoms with van der Waals surface area (Å²) >= 11 is 6.52. The lowest BCUT2D eigenvalue weighted by Gasteiger charge is -2.42. The minimum Gasteiger partial charge on any atom is -0.491 e. The van der Waals surface area contributed by atoms with Crippen LogP contribution in [0.4, 0.5) is 4.79 Å². The topological polar surface area (TPSA) is 78.9 Å². The Bertz CT molecular complexity index is 860. The third kappa shape index (κ3) is 6.16. The first-order chi connectivity index (χ1) is 14.2. The molecule has 2 unspecified atom stereocenters. The minimum absolute atomic E-state index is 0.0144. The van der Waals surface area contributed by atoms with E-state index in [0.29, 0.717) is 30.3 Å². The Labute approximate surface area is 190 Å². The summed E-state index contributed by atoms with van der Waals surface area (Å²) in [6.07, 6.45) is 2.24. The van der Waals surface area contributed by atoms with Gasteiger partial charge >= 0.3 is 12.0 Å². The quantitative estimate of drug-likeness (QED) is 0.535. The molecule has 0 radical (unpaired) electrons. The Morgan fingerprint density at radius 3 is 2.45 bits per heavy atom. The summed E-state index contributed by atoms with van der Waals surface area (Å²) in [5, 5.41) is 12.7. The lowest BCUT2D eigenvalue weighted by atomic mass is 9.78. The number of urea groups is 1. The van der Waals surface area contributed by atoms with Gasteiger partial charge in [0.1, 0.15) is 5.75 Å². The highest BCUT2D eigenvalue weighted by Crippen LogP contribution is 2.39. The highest BCUT2D eigenvalue weighted by Gasteiger charge is 2.40. The number of nitrogens with zero attached hydrogens (tertiary/aromatic N) is 1. The second-order valence-corrected chi connectivity index (χ2v) is 10.4. The second-order valence-electron chi connectivity index (χ2n) is 10.0. The average molecular weight is 451 g/mol. The molecule has 1 aliphatic rings. The van der Waals surface area contributed by atoms with E-state index in [-0.39, 0.29) is 17.4 Å². The zero-order valence-corrected chi connectivity index (χ0v) is 20.3. The van der Waals surface area contributed by atoms with Crippen molar-refractivity contribution in [2.75, 3.05) is 13.2 Å². The fraction of sp³-hybridized carbons (Fsp3) is 0.583. The van der Waals surface area contributed by atoms with Crippen molar-refractivity contribution >= 4 is 23.6 Å². The van der Waals surface area contributed by atoms with Crippen molar-refractivity contribution in [1.29, 1.82) is 0 Å². The van der Waals surface area contributed by atoms with Crippen LogP contribution in [0.1, 0.15) is 60.5 Å². The smallest absolute Gasteiger partial charge is 0.322 e. The molecular formula is C24H35ClN2O4. The molecule has 1 heterocycles. The molecule has 0 saturated carbocycles. The number of carbonyl (C=O) groups excluding carboxylic acids is 1. The Hall–Kier alpha value is -2.21. The number of nitrogens with one attached hydrogen (secondary N) is 1. The van der Waals surface area contributed by atoms with Gasteiger partial charge in [-0.05, 0) is 47.9 Å². The molecule has 2 atom stereocenters. The highest BCUT2D eigenvalue weighted by atomic mass is 35.5. The molecule has 0 aliphatic carbocycles. The maximum absolute atomic E-state index is 12.9. The molecule has 7 heteroatoms. The lowest BCUT2D eigenvalue weighted by molar-refractivity contribution is -0.141. The summed E-state index contributed by atoms with van der Waals surface area (Å²) in [4.78, 5) is 25.5. The Balaban J connectivity index is 2.32. The van der Waals surface area contributed by atoms with Gasteiger partial charge in [0, 0.05) is 12.7 Å². The van der Waals surface area contributed by atoms with Crippen LogP contribution in [0.15, 0.2) is 30.0 Å². The predicted octanol–water partition coefficient (Wildman–Crippen LogP) is 5.66. The standard InChI is InChI=1S/C24H35ClN2O4/c1-15(2)18-13-27(11-10-16(3)21(28)29)22(30)26-24(18,7)17-8-9-20(19(25)12-17)31-14-23(4,5)6/h8-9,12-13,15-16H,10-11,14H2,1-7H3,(H,26,30)(H,28,29). The number of halogens is 1. The number of hydrogen-bond donors (Lipinski definition) is 2. The van der Waals surface area contributed by atoms with E-state index in [2.05, 4.69) is 39.9 Å². The summed E-state index contributed by atoms with van der Waals surface area (Å²) in [7, 11) is 0. The average Bonchev–Trinajstić information content (AvgIpc) is 2.64. The van der Waals surface area contributed by atoms with Gasteiger partial charge in [-0.1, -0.05) is 59.2 Å². The van der Waals surface area contributed by atoms with Gasteiger partial charge in [0.05, 0.1) is 23.1 Å². The van der Waals surface area contributed by atoms with Gasteiger partial charge in [-0.15, -0.1) is 0 Å². The van der Waals surface area contributed by atoms with E-state index in [1.54, 1.807) is 11.8 Å². The van der Waals surface area contributed by atoms with Crippen molar-refractivity contribution in [2.45, 2.75) is 60.4 Å². The molecule has 2 N–H and O–H groups in total. The lowest BCUT2D eigenvalue weighted by Crippen LogP contribution is -2.55. The van der Waals surface area contributed by atoms with Crippen molar-refractivity contribution in [3.05, 3.63) is 40.6 Å². The maximum Gasteiger partial charge on any atom is 0.322 e. The number of hydrogen-bond acceptors (Lipinski definition) is 3. The monoisotopic (exact) mass is 450 g/mol. The largest absolute Gasteiger partial charge is 0.491 e. The van der Waals surface area contributed by atoms with Crippen molar-refractivity contribution in [2.24, 2.45) is 17.3 Å². The highest BCUT2D eigenvalue weighted by molar-refractivity contribution is 6.32. The fourth-order valence-corrected chi connectivity index (χ4v) is 3.76. The van der Waals surface area contributed by atoms with Crippen LogP contribution in [0.3, 0.4) is 0 Å². The zero-order chi connectivity index (χ0) is 23.6. The number of carboxylic acids is 1. The van der Waals surface area contributed by atoms with Crippen LogP contribution in [0.2, 0.25) is 5.02 Å². The number of rotatable bonds is 8. The molecule has 1 aliphatic heterocycles. The van der Waals surface area contributed by atoms with E-state index in [9.17, 15) is 9.59 Å². The molecule has 0 aromatic heterocycles. The maximum atomic E-state index is 12.9. The number of ether oxygens (including phenoxy) is 1. The molecule has 172 valence electrons. The molecular weight excluding hydrogens is 416 g/mol. The van der Waals surface area contributed by atoms with Gasteiger partial charge in [0.2, 0.25) is 0 Å². The van der Waals surface area contributed by atoms with Crippen LogP contribution in [0.25, 0.3) is 0 Å². The number of carbonyl (C=O) groups is 2. The first-order valence-electron chi connectivity index (χ1n) is 10.7. The van der Waals surface area contributed by atoms with Crippen LogP contribution >= 0.6 is 11.6 Å². The second kappa shape index (κ2) is 9.51. The van der Waals surface area contributed by atoms with Gasteiger partial charge in [0.15, 0.2) is 0 Å². The van der Waals surface area contributed by atoms with Gasteiger partial charge in [-0.3, -0.25) is 4.79 Å². The molecule has 2 amide bonds. The number of benzene rings is 1. The molecule has 0 fully saturated rings. The molecule has 0 bridgehead atoms. The first-order valence-corrected chi connectivity index (χ1v) is 11.1. The Kier molecular flexibility index (Phi) is 7.69. The Morgan fingerprint density at radius 2 is 1.94 bits per heavy atom. The first kappa shape index (κ1) is 25.1. The molecule has 0 spiro atoms. The summed E-state index contributed by atoms with van der Waals surface area (Å²) in [6, 6.07) is 5.37. The van der Waals surface area contributed by atoms with E-state index in [4.69, 9.17) is 21.4 Å². The summed E-state index contributed by atoms with van der Waals surface area (Å²) < 4.78 is 5.87. The zero-order valence-electron chi connectivity index (χ0n) is 19.6. The number of carboxylic acid groups (broad SMARTS) is 1. The van der Waals surface area contributed by atoms with E-state index in [1.165, 1.54) is 0 Å². The normalized spacial score (nSPS) is 20.4. The molecule has 1 aromatic carbocycles. The van der Waals surface area contributed by atoms with Crippen molar-refractivity contribution in [1.82, 2.24) is 10.2 Å². The molecule has 2 rings (SSSR count). The van der Waals surface area contributed by atoms with Crippen LogP contribution in [-0.4, -0.2) is 35.2 Å². The van der Waals surface area contributed by atoms with Crippen LogP contribution in [0, 0.1) is 17.3 Å². The van der Waals surface area contributed by atoms with E-state index >= 15 is 0 Å². The van der Waals surface area contributed by atoms with Crippen molar-refractivity contribution in [3.8, 4) is 5.75 Å². The molecule has 0 saturated heterocycles. The van der Waals surface area contributed by atoms with Crippen LogP contribution in [0.5, 0.6) is 5.75 Å². The SMILES string of the molecule is CC(C)C1=CN(CCC(C)C(=O)O)C(=O)NC1(C)c1ccc(OCC(C)(C)C)c(Cl)c1. The summed E-state index contributed by atoms with van der Waals surface area (Å²) in [6.45, 7) is 14.9. The number of aliphatic carboxylic acids is 1. The van der Waals surface area contributed by atoms with Gasteiger partial charge in [0.25, 0.3) is 0 Å². The van der Waals surface area contributed by atoms with E-state index in [1.807, 2.05) is 31.3 Å². The minimum atomic E-state index is -0.862. The molecule has 31 heavy (non-hydrogen) atoms. The predicted molar refractivity (Wildman–Crippen MR) is 123 cm³/mol. The molecule has 6 nitrogen and oxygen atoms in total. The van der Waals surface area contributed by atoms with E-state index in [0.717, 1.165) is 11.1 Å². The molecule has 1 aromatic rings. The van der Waals surface area contributed by atoms with Gasteiger partial charge in [-0.25, -0.2) is 4.79 Å². The van der Waals surface area contributed by atoms with Crippen molar-refractivity contribution in [3.63, 3.8) is 0 Å². The van der Waals surface area contributed by atoms with Gasteiger partial charge in [-0.2, -0.15) is 0 Å².